The maximum absolute atomic E-state index is 11.5. The number of carbonyl (C=O) groups excluding carboxylic acids is 1. The van der Waals surface area contributed by atoms with Gasteiger partial charge >= 0.3 is 5.97 Å². The molecule has 0 saturated heterocycles. The predicted molar refractivity (Wildman–Crippen MR) is 65.2 cm³/mol. The first kappa shape index (κ1) is 17.1. The molecular weight excluding hydrogens is 214 g/mol. The Morgan fingerprint density at radius 3 is 2.00 bits per heavy atom. The van der Waals surface area contributed by atoms with E-state index in [0.29, 0.717) is 13.0 Å². The lowest BCUT2D eigenvalue weighted by Crippen LogP contribution is -2.28. The summed E-state index contributed by atoms with van der Waals surface area (Å²) in [4.78, 5) is 11.5. The molecule has 15 heavy (non-hydrogen) atoms. The van der Waals surface area contributed by atoms with Crippen LogP contribution in [0.3, 0.4) is 0 Å². The van der Waals surface area contributed by atoms with Crippen molar-refractivity contribution in [3.8, 4) is 0 Å². The van der Waals surface area contributed by atoms with Gasteiger partial charge in [0.25, 0.3) is 0 Å². The number of nitrogens with two attached hydrogens (primary N) is 1. The fourth-order valence-corrected chi connectivity index (χ4v) is 1.25. The Hall–Kier alpha value is -0.280. The van der Waals surface area contributed by atoms with E-state index in [4.69, 9.17) is 10.5 Å². The van der Waals surface area contributed by atoms with E-state index in [9.17, 15) is 4.79 Å². The molecule has 0 aromatic heterocycles. The molecule has 2 N–H and O–H groups in total. The molecule has 0 atom stereocenters. The first-order chi connectivity index (χ1) is 6.16. The molecule has 0 aliphatic rings. The Kier molecular flexibility index (Phi) is 7.23. The number of esters is 1. The average Bonchev–Trinajstić information content (AvgIpc) is 1.78. The molecule has 0 aromatic carbocycles. The van der Waals surface area contributed by atoms with Crippen molar-refractivity contribution in [2.24, 2.45) is 11.1 Å². The Bertz CT molecular complexity index is 197. The molecule has 0 rings (SSSR count). The van der Waals surface area contributed by atoms with Crippen LogP contribution < -0.4 is 5.73 Å². The van der Waals surface area contributed by atoms with Crippen LogP contribution in [0.1, 0.15) is 47.5 Å². The van der Waals surface area contributed by atoms with Gasteiger partial charge in [-0.1, -0.05) is 13.8 Å². The molecular formula is C11H24ClNO2. The zero-order chi connectivity index (χ0) is 11.4. The van der Waals surface area contributed by atoms with Gasteiger partial charge in [-0.2, -0.15) is 0 Å². The van der Waals surface area contributed by atoms with E-state index in [-0.39, 0.29) is 23.8 Å². The van der Waals surface area contributed by atoms with Crippen molar-refractivity contribution in [3.63, 3.8) is 0 Å². The molecule has 0 spiro atoms. The van der Waals surface area contributed by atoms with E-state index in [1.807, 2.05) is 34.6 Å². The topological polar surface area (TPSA) is 52.3 Å². The minimum atomic E-state index is -0.393. The highest BCUT2D eigenvalue weighted by molar-refractivity contribution is 5.85. The number of hydrogen-bond donors (Lipinski definition) is 1. The number of carbonyl (C=O) groups is 1. The van der Waals surface area contributed by atoms with Crippen molar-refractivity contribution in [1.29, 1.82) is 0 Å². The lowest BCUT2D eigenvalue weighted by molar-refractivity contribution is -0.157. The number of hydrogen-bond acceptors (Lipinski definition) is 3. The summed E-state index contributed by atoms with van der Waals surface area (Å²) in [7, 11) is 0. The largest absolute Gasteiger partial charge is 0.460 e. The van der Waals surface area contributed by atoms with E-state index in [1.54, 1.807) is 0 Å². The van der Waals surface area contributed by atoms with Gasteiger partial charge in [0.15, 0.2) is 0 Å². The maximum Gasteiger partial charge on any atom is 0.306 e. The smallest absolute Gasteiger partial charge is 0.306 e. The molecule has 0 fully saturated rings. The third kappa shape index (κ3) is 10.0. The minimum Gasteiger partial charge on any atom is -0.460 e. The first-order valence-electron chi connectivity index (χ1n) is 5.08. The van der Waals surface area contributed by atoms with Crippen LogP contribution in [0.15, 0.2) is 0 Å². The molecule has 0 heterocycles. The highest BCUT2D eigenvalue weighted by Gasteiger charge is 2.25. The van der Waals surface area contributed by atoms with Crippen molar-refractivity contribution in [1.82, 2.24) is 0 Å². The quantitative estimate of drug-likeness (QED) is 0.765. The molecule has 0 saturated carbocycles. The van der Waals surface area contributed by atoms with Gasteiger partial charge in [0.1, 0.15) is 5.60 Å². The van der Waals surface area contributed by atoms with Crippen LogP contribution in [0.5, 0.6) is 0 Å². The van der Waals surface area contributed by atoms with Crippen molar-refractivity contribution >= 4 is 18.4 Å². The highest BCUT2D eigenvalue weighted by Crippen LogP contribution is 2.25. The summed E-state index contributed by atoms with van der Waals surface area (Å²) >= 11 is 0. The van der Waals surface area contributed by atoms with Crippen molar-refractivity contribution in [2.75, 3.05) is 6.54 Å². The van der Waals surface area contributed by atoms with Gasteiger partial charge in [-0.15, -0.1) is 12.4 Å². The zero-order valence-electron chi connectivity index (χ0n) is 10.4. The highest BCUT2D eigenvalue weighted by atomic mass is 35.5. The number of ether oxygens (including phenoxy) is 1. The van der Waals surface area contributed by atoms with Gasteiger partial charge in [0, 0.05) is 0 Å². The van der Waals surface area contributed by atoms with Crippen LogP contribution in [-0.2, 0) is 9.53 Å². The van der Waals surface area contributed by atoms with Gasteiger partial charge in [0.2, 0.25) is 0 Å². The molecule has 0 amide bonds. The lowest BCUT2D eigenvalue weighted by atomic mass is 9.86. The third-order valence-electron chi connectivity index (χ3n) is 1.86. The maximum atomic E-state index is 11.5. The fourth-order valence-electron chi connectivity index (χ4n) is 1.25. The molecule has 0 aliphatic carbocycles. The molecule has 0 unspecified atom stereocenters. The van der Waals surface area contributed by atoms with Crippen LogP contribution in [0.4, 0.5) is 0 Å². The van der Waals surface area contributed by atoms with Crippen LogP contribution in [-0.4, -0.2) is 18.1 Å². The van der Waals surface area contributed by atoms with Gasteiger partial charge in [0.05, 0.1) is 6.42 Å². The van der Waals surface area contributed by atoms with Crippen molar-refractivity contribution in [3.05, 3.63) is 0 Å². The third-order valence-corrected chi connectivity index (χ3v) is 1.86. The SMILES string of the molecule is CC(C)(CCN)CC(=O)OC(C)(C)C.Cl. The Balaban J connectivity index is 0. The van der Waals surface area contributed by atoms with Crippen molar-refractivity contribution < 1.29 is 9.53 Å². The van der Waals surface area contributed by atoms with E-state index < -0.39 is 5.60 Å². The van der Waals surface area contributed by atoms with Crippen molar-refractivity contribution in [2.45, 2.75) is 53.1 Å². The second-order valence-corrected chi connectivity index (χ2v) is 5.47. The van der Waals surface area contributed by atoms with Gasteiger partial charge < -0.3 is 10.5 Å². The average molecular weight is 238 g/mol. The Morgan fingerprint density at radius 2 is 1.67 bits per heavy atom. The first-order valence-corrected chi connectivity index (χ1v) is 5.08. The summed E-state index contributed by atoms with van der Waals surface area (Å²) in [6.07, 6.45) is 1.27. The predicted octanol–water partition coefficient (Wildman–Crippen LogP) is 2.52. The van der Waals surface area contributed by atoms with Crippen LogP contribution in [0, 0.1) is 5.41 Å². The van der Waals surface area contributed by atoms with Gasteiger partial charge in [-0.3, -0.25) is 4.79 Å². The zero-order valence-corrected chi connectivity index (χ0v) is 11.2. The fraction of sp³-hybridized carbons (Fsp3) is 0.909. The molecule has 0 radical (unpaired) electrons. The minimum absolute atomic E-state index is 0. The summed E-state index contributed by atoms with van der Waals surface area (Å²) in [5.74, 6) is -0.143. The summed E-state index contributed by atoms with van der Waals surface area (Å²) < 4.78 is 5.24. The molecule has 3 nitrogen and oxygen atoms in total. The second-order valence-electron chi connectivity index (χ2n) is 5.47. The number of halogens is 1. The van der Waals surface area contributed by atoms with Gasteiger partial charge in [-0.25, -0.2) is 0 Å². The van der Waals surface area contributed by atoms with E-state index >= 15 is 0 Å². The summed E-state index contributed by atoms with van der Waals surface area (Å²) in [6.45, 7) is 10.3. The van der Waals surface area contributed by atoms with Gasteiger partial charge in [-0.05, 0) is 39.2 Å². The summed E-state index contributed by atoms with van der Waals surface area (Å²) in [5, 5.41) is 0. The summed E-state index contributed by atoms with van der Waals surface area (Å²) in [5.41, 5.74) is 5.01. The molecule has 92 valence electrons. The molecule has 0 aliphatic heterocycles. The van der Waals surface area contributed by atoms with Crippen LogP contribution in [0.25, 0.3) is 0 Å². The van der Waals surface area contributed by atoms with E-state index in [2.05, 4.69) is 0 Å². The Morgan fingerprint density at radius 1 is 1.20 bits per heavy atom. The molecule has 0 bridgehead atoms. The van der Waals surface area contributed by atoms with E-state index in [1.165, 1.54) is 0 Å². The summed E-state index contributed by atoms with van der Waals surface area (Å²) in [6, 6.07) is 0. The second kappa shape index (κ2) is 6.33. The van der Waals surface area contributed by atoms with Crippen LogP contribution >= 0.6 is 12.4 Å². The number of rotatable bonds is 4. The van der Waals surface area contributed by atoms with Crippen LogP contribution in [0.2, 0.25) is 0 Å². The Labute approximate surface area is 99.2 Å². The molecule has 4 heteroatoms. The molecule has 0 aromatic rings. The van der Waals surface area contributed by atoms with E-state index in [0.717, 1.165) is 6.42 Å². The normalized spacial score (nSPS) is 11.9. The standard InChI is InChI=1S/C11H23NO2.ClH/c1-10(2,3)14-9(13)8-11(4,5)6-7-12;/h6-8,12H2,1-5H3;1H. The monoisotopic (exact) mass is 237 g/mol. The lowest BCUT2D eigenvalue weighted by Gasteiger charge is -2.26.